The molecule has 1 amide bonds. The number of nitrogens with zero attached hydrogens (tertiary/aromatic N) is 3. The predicted molar refractivity (Wildman–Crippen MR) is 89.1 cm³/mol. The van der Waals surface area contributed by atoms with E-state index in [1.165, 1.54) is 10.9 Å². The van der Waals surface area contributed by atoms with Gasteiger partial charge in [-0.3, -0.25) is 0 Å². The Hall–Kier alpha value is -2.51. The maximum atomic E-state index is 13.5. The van der Waals surface area contributed by atoms with E-state index in [-0.39, 0.29) is 5.82 Å². The van der Waals surface area contributed by atoms with Crippen molar-refractivity contribution in [3.05, 3.63) is 40.5 Å². The summed E-state index contributed by atoms with van der Waals surface area (Å²) in [7, 11) is -4.46. The minimum absolute atomic E-state index is 0.151. The predicted octanol–water partition coefficient (Wildman–Crippen LogP) is 3.28. The van der Waals surface area contributed by atoms with Gasteiger partial charge in [-0.25, -0.2) is 22.6 Å². The summed E-state index contributed by atoms with van der Waals surface area (Å²) < 4.78 is 44.8. The van der Waals surface area contributed by atoms with Gasteiger partial charge in [0.25, 0.3) is 10.0 Å². The van der Waals surface area contributed by atoms with Gasteiger partial charge in [0, 0.05) is 5.38 Å². The van der Waals surface area contributed by atoms with E-state index in [1.807, 2.05) is 0 Å². The first-order valence-corrected chi connectivity index (χ1v) is 9.30. The largest absolute Gasteiger partial charge is 0.443 e. The van der Waals surface area contributed by atoms with E-state index in [2.05, 4.69) is 4.98 Å². The molecule has 0 spiro atoms. The van der Waals surface area contributed by atoms with Crippen LogP contribution in [0, 0.1) is 17.1 Å². The molecule has 2 rings (SSSR count). The van der Waals surface area contributed by atoms with Gasteiger partial charge in [-0.2, -0.15) is 5.26 Å². The van der Waals surface area contributed by atoms with Crippen molar-refractivity contribution in [3.63, 3.8) is 0 Å². The first kappa shape index (κ1) is 18.8. The van der Waals surface area contributed by atoms with Crippen LogP contribution < -0.4 is 4.31 Å². The molecule has 0 fully saturated rings. The molecule has 1 heterocycles. The maximum absolute atomic E-state index is 13.5. The number of hydrogen-bond donors (Lipinski definition) is 0. The summed E-state index contributed by atoms with van der Waals surface area (Å²) in [6.07, 6.45) is -1.15. The molecular formula is C15H14FN3O4S2. The lowest BCUT2D eigenvalue weighted by atomic mass is 10.2. The van der Waals surface area contributed by atoms with Crippen LogP contribution in [-0.2, 0) is 14.8 Å². The Morgan fingerprint density at radius 3 is 2.60 bits per heavy atom. The van der Waals surface area contributed by atoms with E-state index in [0.717, 1.165) is 29.5 Å². The molecule has 0 aliphatic carbocycles. The third-order valence-electron chi connectivity index (χ3n) is 2.78. The van der Waals surface area contributed by atoms with Crippen LogP contribution in [-0.4, -0.2) is 25.1 Å². The number of thiazole rings is 1. The van der Waals surface area contributed by atoms with E-state index in [1.54, 1.807) is 26.8 Å². The van der Waals surface area contributed by atoms with Gasteiger partial charge in [-0.05, 0) is 39.0 Å². The fourth-order valence-corrected chi connectivity index (χ4v) is 3.66. The third-order valence-corrected chi connectivity index (χ3v) is 5.02. The minimum Gasteiger partial charge on any atom is -0.443 e. The smallest absolute Gasteiger partial charge is 0.430 e. The fourth-order valence-electron chi connectivity index (χ4n) is 1.78. The summed E-state index contributed by atoms with van der Waals surface area (Å²) >= 11 is 1.09. The monoisotopic (exact) mass is 383 g/mol. The first-order chi connectivity index (χ1) is 11.6. The highest BCUT2D eigenvalue weighted by Gasteiger charge is 2.36. The molecular weight excluding hydrogens is 369 g/mol. The Morgan fingerprint density at radius 1 is 1.40 bits per heavy atom. The molecule has 0 aliphatic heterocycles. The van der Waals surface area contributed by atoms with E-state index in [9.17, 15) is 17.6 Å². The van der Waals surface area contributed by atoms with Crippen LogP contribution in [0.3, 0.4) is 0 Å². The molecule has 0 bridgehead atoms. The zero-order valence-corrected chi connectivity index (χ0v) is 15.2. The molecule has 0 radical (unpaired) electrons. The average molecular weight is 383 g/mol. The molecule has 10 heteroatoms. The molecule has 0 unspecified atom stereocenters. The van der Waals surface area contributed by atoms with Gasteiger partial charge in [0.2, 0.25) is 0 Å². The van der Waals surface area contributed by atoms with Crippen molar-refractivity contribution in [1.29, 1.82) is 5.26 Å². The SMILES string of the molecule is CC(C)(C)OC(=O)N(c1cscn1)S(=O)(=O)c1ccc(F)c(C#N)c1. The van der Waals surface area contributed by atoms with Crippen molar-refractivity contribution < 1.29 is 22.3 Å². The van der Waals surface area contributed by atoms with Gasteiger partial charge in [0.15, 0.2) is 5.82 Å². The summed E-state index contributed by atoms with van der Waals surface area (Å²) in [4.78, 5) is 15.9. The molecule has 0 saturated carbocycles. The number of amides is 1. The number of anilines is 1. The highest BCUT2D eigenvalue weighted by molar-refractivity contribution is 7.93. The van der Waals surface area contributed by atoms with Gasteiger partial charge in [-0.1, -0.05) is 0 Å². The van der Waals surface area contributed by atoms with E-state index in [4.69, 9.17) is 10.00 Å². The van der Waals surface area contributed by atoms with Crippen molar-refractivity contribution in [3.8, 4) is 6.07 Å². The summed E-state index contributed by atoms with van der Waals surface area (Å²) in [5.74, 6) is -1.01. The summed E-state index contributed by atoms with van der Waals surface area (Å²) in [6, 6.07) is 4.23. The van der Waals surface area contributed by atoms with Gasteiger partial charge < -0.3 is 4.74 Å². The van der Waals surface area contributed by atoms with Crippen molar-refractivity contribution in [2.24, 2.45) is 0 Å². The van der Waals surface area contributed by atoms with E-state index >= 15 is 0 Å². The lowest BCUT2D eigenvalue weighted by molar-refractivity contribution is 0.0608. The molecule has 0 saturated heterocycles. The number of ether oxygens (including phenoxy) is 1. The zero-order valence-electron chi connectivity index (χ0n) is 13.6. The van der Waals surface area contributed by atoms with Crippen LogP contribution in [0.15, 0.2) is 34.0 Å². The van der Waals surface area contributed by atoms with Crippen molar-refractivity contribution in [1.82, 2.24) is 4.98 Å². The Morgan fingerprint density at radius 2 is 2.08 bits per heavy atom. The zero-order chi connectivity index (χ0) is 18.8. The number of aromatic nitrogens is 1. The number of halogens is 1. The topological polar surface area (TPSA) is 100 Å². The second-order valence-corrected chi connectivity index (χ2v) is 8.36. The highest BCUT2D eigenvalue weighted by atomic mass is 32.2. The number of benzene rings is 1. The number of sulfonamides is 1. The third kappa shape index (κ3) is 4.12. The molecule has 1 aromatic heterocycles. The molecule has 0 N–H and O–H groups in total. The van der Waals surface area contributed by atoms with Gasteiger partial charge in [-0.15, -0.1) is 15.6 Å². The van der Waals surface area contributed by atoms with Crippen LogP contribution in [0.4, 0.5) is 15.0 Å². The number of carbonyl (C=O) groups excluding carboxylic acids is 1. The lowest BCUT2D eigenvalue weighted by Gasteiger charge is -2.25. The summed E-state index contributed by atoms with van der Waals surface area (Å²) in [5, 5.41) is 10.2. The standard InChI is InChI=1S/C15H14FN3O4S2/c1-15(2,3)23-14(20)19(13-8-24-9-18-13)25(21,22)11-4-5-12(16)10(6-11)7-17/h4-6,8-9H,1-3H3. The van der Waals surface area contributed by atoms with Gasteiger partial charge >= 0.3 is 6.09 Å². The highest BCUT2D eigenvalue weighted by Crippen LogP contribution is 2.27. The Labute approximate surface area is 148 Å². The van der Waals surface area contributed by atoms with E-state index in [0.29, 0.717) is 4.31 Å². The molecule has 132 valence electrons. The summed E-state index contributed by atoms with van der Waals surface area (Å²) in [5.41, 5.74) is -0.0433. The Bertz CT molecular complexity index is 929. The van der Waals surface area contributed by atoms with Crippen LogP contribution in [0.5, 0.6) is 0 Å². The average Bonchev–Trinajstić information content (AvgIpc) is 2.99. The quantitative estimate of drug-likeness (QED) is 0.806. The fraction of sp³-hybridized carbons (Fsp3) is 0.267. The van der Waals surface area contributed by atoms with Crippen LogP contribution in [0.1, 0.15) is 26.3 Å². The maximum Gasteiger partial charge on any atom is 0.430 e. The first-order valence-electron chi connectivity index (χ1n) is 6.92. The normalized spacial score (nSPS) is 11.6. The number of carbonyl (C=O) groups is 1. The van der Waals surface area contributed by atoms with Gasteiger partial charge in [0.1, 0.15) is 17.5 Å². The van der Waals surface area contributed by atoms with Crippen molar-refractivity contribution >= 4 is 33.3 Å². The van der Waals surface area contributed by atoms with Crippen LogP contribution >= 0.6 is 11.3 Å². The molecule has 1 aromatic carbocycles. The molecule has 7 nitrogen and oxygen atoms in total. The Kier molecular flexibility index (Phi) is 5.10. The summed E-state index contributed by atoms with van der Waals surface area (Å²) in [6.45, 7) is 4.76. The Balaban J connectivity index is 2.57. The molecule has 0 aliphatic rings. The minimum atomic E-state index is -4.46. The lowest BCUT2D eigenvalue weighted by Crippen LogP contribution is -2.41. The number of nitriles is 1. The number of rotatable bonds is 3. The van der Waals surface area contributed by atoms with Crippen molar-refractivity contribution in [2.75, 3.05) is 4.31 Å². The van der Waals surface area contributed by atoms with Gasteiger partial charge in [0.05, 0.1) is 16.0 Å². The molecule has 25 heavy (non-hydrogen) atoms. The van der Waals surface area contributed by atoms with Crippen LogP contribution in [0.2, 0.25) is 0 Å². The second kappa shape index (κ2) is 6.78. The second-order valence-electron chi connectivity index (χ2n) is 5.85. The molecule has 2 aromatic rings. The van der Waals surface area contributed by atoms with Crippen molar-refractivity contribution in [2.45, 2.75) is 31.3 Å². The number of hydrogen-bond acceptors (Lipinski definition) is 7. The molecule has 0 atom stereocenters. The van der Waals surface area contributed by atoms with E-state index < -0.39 is 38.0 Å². The van der Waals surface area contributed by atoms with Crippen LogP contribution in [0.25, 0.3) is 0 Å².